The number of benzene rings is 2. The van der Waals surface area contributed by atoms with Gasteiger partial charge in [0.2, 0.25) is 0 Å². The van der Waals surface area contributed by atoms with Crippen LogP contribution in [0.1, 0.15) is 26.2 Å². The molecule has 6 nitrogen and oxygen atoms in total. The summed E-state index contributed by atoms with van der Waals surface area (Å²) in [7, 11) is -3.03. The van der Waals surface area contributed by atoms with Crippen molar-refractivity contribution in [1.82, 2.24) is 0 Å². The number of carbonyl (C=O) groups excluding carboxylic acids is 1. The summed E-state index contributed by atoms with van der Waals surface area (Å²) in [4.78, 5) is 12.2. The van der Waals surface area contributed by atoms with Crippen molar-refractivity contribution in [3.05, 3.63) is 59.8 Å². The second-order valence-electron chi connectivity index (χ2n) is 7.70. The van der Waals surface area contributed by atoms with Gasteiger partial charge in [-0.3, -0.25) is 0 Å². The van der Waals surface area contributed by atoms with Gasteiger partial charge in [0.05, 0.1) is 0 Å². The van der Waals surface area contributed by atoms with Gasteiger partial charge >= 0.3 is 163 Å². The van der Waals surface area contributed by atoms with E-state index in [0.29, 0.717) is 42.3 Å². The van der Waals surface area contributed by atoms with E-state index in [1.165, 1.54) is 7.11 Å². The van der Waals surface area contributed by atoms with Gasteiger partial charge in [0.15, 0.2) is 0 Å². The number of fused-ring (bicyclic) bond motifs is 2. The van der Waals surface area contributed by atoms with Crippen molar-refractivity contribution in [2.24, 2.45) is 5.41 Å². The minimum absolute atomic E-state index is 0.217. The first-order valence-corrected chi connectivity index (χ1v) is 11.5. The average Bonchev–Trinajstić information content (AvgIpc) is 3.22. The van der Waals surface area contributed by atoms with Gasteiger partial charge in [-0.2, -0.15) is 0 Å². The van der Waals surface area contributed by atoms with Gasteiger partial charge in [0.25, 0.3) is 0 Å². The third-order valence-electron chi connectivity index (χ3n) is 5.79. The number of methoxy groups -OCH3 is 1. The molecule has 7 heteroatoms. The van der Waals surface area contributed by atoms with Crippen molar-refractivity contribution in [3.8, 4) is 23.0 Å². The molecular weight excluding hydrogens is 376 g/mol. The summed E-state index contributed by atoms with van der Waals surface area (Å²) in [6.45, 7) is 1.91. The average molecular weight is 397 g/mol. The molecule has 2 aliphatic heterocycles. The van der Waals surface area contributed by atoms with Crippen LogP contribution in [0.25, 0.3) is 0 Å². The van der Waals surface area contributed by atoms with Crippen LogP contribution in [0.4, 0.5) is 0 Å². The Balaban J connectivity index is 1.60. The van der Waals surface area contributed by atoms with E-state index < -0.39 is 13.7 Å². The van der Waals surface area contributed by atoms with Crippen LogP contribution in [0.15, 0.2) is 59.8 Å². The summed E-state index contributed by atoms with van der Waals surface area (Å²) >= 11 is 0. The summed E-state index contributed by atoms with van der Waals surface area (Å²) in [5, 5.41) is 0.841. The van der Waals surface area contributed by atoms with Crippen molar-refractivity contribution in [2.75, 3.05) is 7.11 Å². The van der Waals surface area contributed by atoms with Crippen molar-refractivity contribution < 1.29 is 27.2 Å². The molecule has 0 saturated carbocycles. The first kappa shape index (κ1) is 17.2. The molecule has 2 heterocycles. The third-order valence-corrected chi connectivity index (χ3v) is 9.58. The van der Waals surface area contributed by atoms with Gasteiger partial charge < -0.3 is 0 Å². The van der Waals surface area contributed by atoms with Gasteiger partial charge in [-0.15, -0.1) is 0 Å². The molecule has 1 unspecified atom stereocenters. The number of allylic oxidation sites excluding steroid dienone is 2. The predicted molar refractivity (Wildman–Crippen MR) is 103 cm³/mol. The van der Waals surface area contributed by atoms with E-state index in [1.54, 1.807) is 0 Å². The number of rotatable bonds is 2. The fourth-order valence-electron chi connectivity index (χ4n) is 4.15. The van der Waals surface area contributed by atoms with Crippen LogP contribution in [0.2, 0.25) is 0 Å². The van der Waals surface area contributed by atoms with Gasteiger partial charge in [0.1, 0.15) is 0 Å². The normalized spacial score (nSPS) is 26.8. The molecule has 0 amide bonds. The van der Waals surface area contributed by atoms with E-state index in [1.807, 2.05) is 61.5 Å². The first-order valence-electron chi connectivity index (χ1n) is 9.36. The molecule has 5 rings (SSSR count). The molecule has 1 spiro atoms. The van der Waals surface area contributed by atoms with E-state index >= 15 is 0 Å². The van der Waals surface area contributed by atoms with E-state index in [9.17, 15) is 4.79 Å². The van der Waals surface area contributed by atoms with Crippen molar-refractivity contribution in [3.63, 3.8) is 0 Å². The van der Waals surface area contributed by atoms with Crippen LogP contribution < -0.4 is 17.7 Å². The monoisotopic (exact) mass is 397 g/mol. The Morgan fingerprint density at radius 2 is 1.39 bits per heavy atom. The fourth-order valence-corrected chi connectivity index (χ4v) is 8.08. The molecule has 0 aromatic heterocycles. The zero-order chi connectivity index (χ0) is 19.4. The molecular formula is C21H21O6Si-. The standard InChI is InChI=1S/C21H21O6Si/c1-21(20(22)23-2)13-11-15(12-14-21)28(24-16-7-3-4-8-17(16)25-28)26-18-9-5-6-10-19(18)27-28/h3-11H,12-14H2,1-2H3/q-1. The number of para-hydroxylation sites is 4. The van der Waals surface area contributed by atoms with Gasteiger partial charge in [-0.05, 0) is 0 Å². The second-order valence-corrected chi connectivity index (χ2v) is 11.0. The Labute approximate surface area is 163 Å². The Morgan fingerprint density at radius 3 is 1.75 bits per heavy atom. The summed E-state index contributed by atoms with van der Waals surface area (Å²) in [5.41, 5.74) is -0.580. The zero-order valence-corrected chi connectivity index (χ0v) is 16.8. The first-order chi connectivity index (χ1) is 13.5. The van der Waals surface area contributed by atoms with Crippen molar-refractivity contribution in [1.29, 1.82) is 0 Å². The molecule has 2 aromatic carbocycles. The molecule has 0 saturated heterocycles. The number of esters is 1. The van der Waals surface area contributed by atoms with Gasteiger partial charge in [0, 0.05) is 0 Å². The quantitative estimate of drug-likeness (QED) is 0.560. The molecule has 146 valence electrons. The zero-order valence-electron chi connectivity index (χ0n) is 15.8. The van der Waals surface area contributed by atoms with Crippen LogP contribution >= 0.6 is 0 Å². The summed E-state index contributed by atoms with van der Waals surface area (Å²) in [6, 6.07) is 14.9. The van der Waals surface area contributed by atoms with E-state index in [-0.39, 0.29) is 5.97 Å². The van der Waals surface area contributed by atoms with Crippen LogP contribution in [0.5, 0.6) is 23.0 Å². The maximum absolute atomic E-state index is 12.2. The van der Waals surface area contributed by atoms with E-state index in [4.69, 9.17) is 22.4 Å². The molecule has 0 N–H and O–H groups in total. The molecule has 0 bridgehead atoms. The third kappa shape index (κ3) is 2.22. The number of carbonyl (C=O) groups is 1. The Kier molecular flexibility index (Phi) is 3.40. The summed E-state index contributed by atoms with van der Waals surface area (Å²) in [6.07, 6.45) is 3.64. The SMILES string of the molecule is COC(=O)C1(C)CC=C([Si-]23(Oc4ccccc4O2)Oc2ccccc2O3)CC1. The number of hydrogen-bond donors (Lipinski definition) is 0. The molecule has 0 fully saturated rings. The van der Waals surface area contributed by atoms with Crippen molar-refractivity contribution in [2.45, 2.75) is 26.2 Å². The minimum atomic E-state index is -4.45. The Bertz CT molecular complexity index is 902. The van der Waals surface area contributed by atoms with Crippen LogP contribution in [0.3, 0.4) is 0 Å². The van der Waals surface area contributed by atoms with Crippen LogP contribution in [-0.4, -0.2) is 21.4 Å². The molecule has 1 aliphatic carbocycles. The Hall–Kier alpha value is -2.93. The van der Waals surface area contributed by atoms with Crippen LogP contribution in [0, 0.1) is 5.41 Å². The van der Waals surface area contributed by atoms with Gasteiger partial charge in [-0.25, -0.2) is 0 Å². The predicted octanol–water partition coefficient (Wildman–Crippen LogP) is 4.15. The van der Waals surface area contributed by atoms with Crippen molar-refractivity contribution >= 4 is 14.3 Å². The number of hydrogen-bond acceptors (Lipinski definition) is 6. The Morgan fingerprint density at radius 1 is 0.929 bits per heavy atom. The molecule has 1 atom stereocenters. The fraction of sp³-hybridized carbons (Fsp3) is 0.286. The maximum atomic E-state index is 12.2. The van der Waals surface area contributed by atoms with Crippen LogP contribution in [-0.2, 0) is 9.53 Å². The second kappa shape index (κ2) is 5.54. The molecule has 2 aromatic rings. The van der Waals surface area contributed by atoms with E-state index in [2.05, 4.69) is 0 Å². The molecule has 3 aliphatic rings. The summed E-state index contributed by atoms with van der Waals surface area (Å²) < 4.78 is 30.7. The topological polar surface area (TPSA) is 63.2 Å². The van der Waals surface area contributed by atoms with Gasteiger partial charge in [-0.1, -0.05) is 0 Å². The molecule has 28 heavy (non-hydrogen) atoms. The summed E-state index contributed by atoms with van der Waals surface area (Å²) in [5.74, 6) is 2.19. The van der Waals surface area contributed by atoms with E-state index in [0.717, 1.165) is 5.20 Å². The molecule has 0 radical (unpaired) electrons. The number of ether oxygens (including phenoxy) is 1.